The van der Waals surface area contributed by atoms with Crippen LogP contribution in [0.5, 0.6) is 0 Å². The largest absolute Gasteiger partial charge is 0.384 e. The molecule has 0 saturated carbocycles. The summed E-state index contributed by atoms with van der Waals surface area (Å²) in [7, 11) is -1.69. The number of nitrogen functional groups attached to an aromatic ring is 1. The lowest BCUT2D eigenvalue weighted by Gasteiger charge is -2.31. The molecule has 1 aliphatic rings. The zero-order chi connectivity index (χ0) is 13.9. The van der Waals surface area contributed by atoms with Crippen LogP contribution in [0, 0.1) is 0 Å². The molecule has 8 heteroatoms. The van der Waals surface area contributed by atoms with Crippen LogP contribution in [0.25, 0.3) is 0 Å². The van der Waals surface area contributed by atoms with Crippen LogP contribution < -0.4 is 5.73 Å². The van der Waals surface area contributed by atoms with Gasteiger partial charge >= 0.3 is 0 Å². The summed E-state index contributed by atoms with van der Waals surface area (Å²) in [4.78, 5) is 0. The topological polar surface area (TPSA) is 90.5 Å². The summed E-state index contributed by atoms with van der Waals surface area (Å²) in [5.41, 5.74) is 5.58. The third-order valence-corrected chi connectivity index (χ3v) is 5.20. The zero-order valence-electron chi connectivity index (χ0n) is 11.0. The SMILES string of the molecule is COCCS(=O)(=O)N1CCC(n2ccc(N)n2)CC1. The molecule has 0 bridgehead atoms. The molecule has 0 spiro atoms. The smallest absolute Gasteiger partial charge is 0.216 e. The van der Waals surface area contributed by atoms with E-state index in [1.807, 2.05) is 10.9 Å². The molecule has 0 radical (unpaired) electrons. The Hall–Kier alpha value is -1.12. The van der Waals surface area contributed by atoms with Gasteiger partial charge in [0.05, 0.1) is 18.4 Å². The van der Waals surface area contributed by atoms with E-state index in [2.05, 4.69) is 5.10 Å². The molecular formula is C11H20N4O3S. The van der Waals surface area contributed by atoms with Crippen LogP contribution in [-0.4, -0.2) is 55.1 Å². The van der Waals surface area contributed by atoms with Gasteiger partial charge in [-0.2, -0.15) is 5.10 Å². The summed E-state index contributed by atoms with van der Waals surface area (Å²) in [5.74, 6) is 0.540. The highest BCUT2D eigenvalue weighted by Gasteiger charge is 2.28. The van der Waals surface area contributed by atoms with Gasteiger partial charge < -0.3 is 10.5 Å². The number of nitrogens with zero attached hydrogens (tertiary/aromatic N) is 3. The minimum Gasteiger partial charge on any atom is -0.384 e. The van der Waals surface area contributed by atoms with Crippen LogP contribution in [0.3, 0.4) is 0 Å². The summed E-state index contributed by atoms with van der Waals surface area (Å²) in [6.45, 7) is 1.28. The first-order valence-corrected chi connectivity index (χ1v) is 7.91. The fourth-order valence-corrected chi connectivity index (χ4v) is 3.66. The lowest BCUT2D eigenvalue weighted by molar-refractivity contribution is 0.212. The van der Waals surface area contributed by atoms with Crippen LogP contribution in [0.2, 0.25) is 0 Å². The number of nitrogens with two attached hydrogens (primary N) is 1. The van der Waals surface area contributed by atoms with Crippen molar-refractivity contribution in [3.8, 4) is 0 Å². The fourth-order valence-electron chi connectivity index (χ4n) is 2.26. The van der Waals surface area contributed by atoms with Crippen molar-refractivity contribution in [2.24, 2.45) is 0 Å². The van der Waals surface area contributed by atoms with Gasteiger partial charge in [-0.1, -0.05) is 0 Å². The van der Waals surface area contributed by atoms with E-state index >= 15 is 0 Å². The second-order valence-corrected chi connectivity index (χ2v) is 6.75. The molecule has 1 fully saturated rings. The maximum atomic E-state index is 12.0. The summed E-state index contributed by atoms with van der Waals surface area (Å²) >= 11 is 0. The molecule has 0 aromatic carbocycles. The van der Waals surface area contributed by atoms with Crippen molar-refractivity contribution in [1.29, 1.82) is 0 Å². The summed E-state index contributed by atoms with van der Waals surface area (Å²) in [5, 5.41) is 4.18. The van der Waals surface area contributed by atoms with Gasteiger partial charge in [-0.3, -0.25) is 4.68 Å². The molecule has 2 heterocycles. The molecule has 2 rings (SSSR count). The Morgan fingerprint density at radius 1 is 1.47 bits per heavy atom. The number of methoxy groups -OCH3 is 1. The Morgan fingerprint density at radius 2 is 2.16 bits per heavy atom. The lowest BCUT2D eigenvalue weighted by atomic mass is 10.1. The lowest BCUT2D eigenvalue weighted by Crippen LogP contribution is -2.41. The van der Waals surface area contributed by atoms with E-state index in [1.165, 1.54) is 11.4 Å². The molecule has 0 amide bonds. The van der Waals surface area contributed by atoms with Crippen LogP contribution in [-0.2, 0) is 14.8 Å². The van der Waals surface area contributed by atoms with Gasteiger partial charge in [0.15, 0.2) is 0 Å². The summed E-state index contributed by atoms with van der Waals surface area (Å²) < 4.78 is 32.2. The quantitative estimate of drug-likeness (QED) is 0.828. The van der Waals surface area contributed by atoms with E-state index in [0.29, 0.717) is 18.9 Å². The number of piperidine rings is 1. The van der Waals surface area contributed by atoms with Crippen molar-refractivity contribution in [2.45, 2.75) is 18.9 Å². The highest BCUT2D eigenvalue weighted by molar-refractivity contribution is 7.89. The maximum Gasteiger partial charge on any atom is 0.216 e. The van der Waals surface area contributed by atoms with Crippen LogP contribution in [0.1, 0.15) is 18.9 Å². The third kappa shape index (κ3) is 3.46. The van der Waals surface area contributed by atoms with Crippen molar-refractivity contribution in [3.05, 3.63) is 12.3 Å². The molecule has 108 valence electrons. The maximum absolute atomic E-state index is 12.0. The number of rotatable bonds is 5. The second-order valence-electron chi connectivity index (χ2n) is 4.66. The highest BCUT2D eigenvalue weighted by Crippen LogP contribution is 2.24. The van der Waals surface area contributed by atoms with Crippen LogP contribution in [0.4, 0.5) is 5.82 Å². The third-order valence-electron chi connectivity index (χ3n) is 3.37. The Labute approximate surface area is 113 Å². The average Bonchev–Trinajstić information content (AvgIpc) is 2.83. The standard InChI is InChI=1S/C11H20N4O3S/c1-18-8-9-19(16,17)14-5-2-10(3-6-14)15-7-4-11(12)13-15/h4,7,10H,2-3,5-6,8-9H2,1H3,(H2,12,13). The molecular weight excluding hydrogens is 268 g/mol. The predicted octanol–water partition coefficient (Wildman–Crippen LogP) is 0.0784. The molecule has 1 aromatic heterocycles. The van der Waals surface area contributed by atoms with Crippen molar-refractivity contribution in [3.63, 3.8) is 0 Å². The number of sulfonamides is 1. The first kappa shape index (κ1) is 14.3. The molecule has 1 saturated heterocycles. The molecule has 0 aliphatic carbocycles. The van der Waals surface area contributed by atoms with Crippen molar-refractivity contribution >= 4 is 15.8 Å². The molecule has 2 N–H and O–H groups in total. The molecule has 1 aromatic rings. The number of aromatic nitrogens is 2. The average molecular weight is 288 g/mol. The van der Waals surface area contributed by atoms with Gasteiger partial charge in [0, 0.05) is 26.4 Å². The Balaban J connectivity index is 1.92. The van der Waals surface area contributed by atoms with Gasteiger partial charge in [-0.15, -0.1) is 0 Å². The van der Waals surface area contributed by atoms with E-state index in [4.69, 9.17) is 10.5 Å². The van der Waals surface area contributed by atoms with E-state index in [1.54, 1.807) is 6.07 Å². The summed E-state index contributed by atoms with van der Waals surface area (Å²) in [6.07, 6.45) is 3.36. The number of anilines is 1. The first-order chi connectivity index (χ1) is 9.03. The Kier molecular flexibility index (Phi) is 4.43. The molecule has 7 nitrogen and oxygen atoms in total. The van der Waals surface area contributed by atoms with Gasteiger partial charge in [-0.25, -0.2) is 12.7 Å². The fraction of sp³-hybridized carbons (Fsp3) is 0.727. The van der Waals surface area contributed by atoms with Crippen molar-refractivity contribution < 1.29 is 13.2 Å². The van der Waals surface area contributed by atoms with E-state index < -0.39 is 10.0 Å². The Bertz CT molecular complexity index is 506. The van der Waals surface area contributed by atoms with Crippen LogP contribution >= 0.6 is 0 Å². The van der Waals surface area contributed by atoms with Gasteiger partial charge in [0.25, 0.3) is 0 Å². The van der Waals surface area contributed by atoms with E-state index in [9.17, 15) is 8.42 Å². The van der Waals surface area contributed by atoms with Crippen molar-refractivity contribution in [1.82, 2.24) is 14.1 Å². The minimum atomic E-state index is -3.19. The number of hydrogen-bond acceptors (Lipinski definition) is 5. The first-order valence-electron chi connectivity index (χ1n) is 6.30. The summed E-state index contributed by atoms with van der Waals surface area (Å²) in [6, 6.07) is 1.98. The highest BCUT2D eigenvalue weighted by atomic mass is 32.2. The molecule has 1 aliphatic heterocycles. The molecule has 0 unspecified atom stereocenters. The molecule has 0 atom stereocenters. The second kappa shape index (κ2) is 5.89. The minimum absolute atomic E-state index is 0.0445. The van der Waals surface area contributed by atoms with Crippen LogP contribution in [0.15, 0.2) is 12.3 Å². The number of ether oxygens (including phenoxy) is 1. The zero-order valence-corrected chi connectivity index (χ0v) is 11.8. The van der Waals surface area contributed by atoms with Gasteiger partial charge in [-0.05, 0) is 18.9 Å². The monoisotopic (exact) mass is 288 g/mol. The van der Waals surface area contributed by atoms with Crippen molar-refractivity contribution in [2.75, 3.05) is 38.3 Å². The van der Waals surface area contributed by atoms with Gasteiger partial charge in [0.2, 0.25) is 10.0 Å². The van der Waals surface area contributed by atoms with E-state index in [-0.39, 0.29) is 18.4 Å². The molecule has 19 heavy (non-hydrogen) atoms. The predicted molar refractivity (Wildman–Crippen MR) is 72.1 cm³/mol. The Morgan fingerprint density at radius 3 is 2.68 bits per heavy atom. The van der Waals surface area contributed by atoms with E-state index in [0.717, 1.165) is 12.8 Å². The number of hydrogen-bond donors (Lipinski definition) is 1. The normalized spacial score (nSPS) is 18.8. The van der Waals surface area contributed by atoms with Gasteiger partial charge in [0.1, 0.15) is 5.82 Å².